The van der Waals surface area contributed by atoms with E-state index < -0.39 is 5.97 Å². The van der Waals surface area contributed by atoms with Crippen LogP contribution in [0.15, 0.2) is 29.8 Å². The Morgan fingerprint density at radius 2 is 2.15 bits per heavy atom. The molecule has 1 aliphatic rings. The minimum atomic E-state index is -1.01. The zero-order valence-corrected chi connectivity index (χ0v) is 11.7. The maximum Gasteiger partial charge on any atom is 0.354 e. The Kier molecular flexibility index (Phi) is 3.64. The summed E-state index contributed by atoms with van der Waals surface area (Å²) in [5, 5.41) is 11.1. The minimum absolute atomic E-state index is 0.0513. The Morgan fingerprint density at radius 3 is 2.80 bits per heavy atom. The van der Waals surface area contributed by atoms with E-state index >= 15 is 0 Å². The molecule has 0 radical (unpaired) electrons. The number of hydrogen-bond donors (Lipinski definition) is 1. The van der Waals surface area contributed by atoms with E-state index in [4.69, 9.17) is 5.11 Å². The molecule has 1 N–H and O–H groups in total. The van der Waals surface area contributed by atoms with Crippen LogP contribution in [-0.2, 0) is 0 Å². The van der Waals surface area contributed by atoms with Crippen molar-refractivity contribution < 1.29 is 9.90 Å². The molecule has 0 unspecified atom stereocenters. The van der Waals surface area contributed by atoms with Crippen molar-refractivity contribution in [3.8, 4) is 0 Å². The van der Waals surface area contributed by atoms with Crippen LogP contribution in [0, 0.1) is 0 Å². The zero-order chi connectivity index (χ0) is 13.9. The maximum atomic E-state index is 10.9. The van der Waals surface area contributed by atoms with Gasteiger partial charge in [0.1, 0.15) is 0 Å². The number of aromatic carboxylic acids is 1. The van der Waals surface area contributed by atoms with Gasteiger partial charge in [-0.05, 0) is 36.3 Å². The summed E-state index contributed by atoms with van der Waals surface area (Å²) >= 11 is 1.81. The van der Waals surface area contributed by atoms with Crippen LogP contribution in [0.3, 0.4) is 0 Å². The molecule has 0 aromatic carbocycles. The fraction of sp³-hybridized carbons (Fsp3) is 0.357. The molecule has 0 atom stereocenters. The summed E-state index contributed by atoms with van der Waals surface area (Å²) in [7, 11) is 0. The number of carbonyl (C=O) groups is 1. The fourth-order valence-corrected chi connectivity index (χ4v) is 3.41. The smallest absolute Gasteiger partial charge is 0.354 e. The van der Waals surface area contributed by atoms with Gasteiger partial charge in [-0.2, -0.15) is 0 Å². The van der Waals surface area contributed by atoms with Gasteiger partial charge < -0.3 is 10.0 Å². The molecule has 0 amide bonds. The normalized spacial score (nSPS) is 16.3. The molecule has 2 aromatic rings. The standard InChI is InChI=1S/C14H15N3O2S/c18-13(19)11-3-6-15-14(16-11)17-7-4-10(5-8-17)12-2-1-9-20-12/h1-3,6,9-10H,4-5,7-8H2,(H,18,19). The van der Waals surface area contributed by atoms with E-state index in [9.17, 15) is 4.79 Å². The average Bonchev–Trinajstić information content (AvgIpc) is 3.02. The van der Waals surface area contributed by atoms with E-state index in [0.29, 0.717) is 11.9 Å². The first-order chi connectivity index (χ1) is 9.74. The molecule has 104 valence electrons. The molecule has 3 rings (SSSR count). The minimum Gasteiger partial charge on any atom is -0.477 e. The largest absolute Gasteiger partial charge is 0.477 e. The van der Waals surface area contributed by atoms with E-state index in [1.54, 1.807) is 11.3 Å². The third kappa shape index (κ3) is 2.65. The van der Waals surface area contributed by atoms with Crippen molar-refractivity contribution in [2.24, 2.45) is 0 Å². The molecule has 20 heavy (non-hydrogen) atoms. The van der Waals surface area contributed by atoms with E-state index in [2.05, 4.69) is 32.4 Å². The van der Waals surface area contributed by atoms with Gasteiger partial charge >= 0.3 is 5.97 Å². The number of nitrogens with zero attached hydrogens (tertiary/aromatic N) is 3. The number of carboxylic acid groups (broad SMARTS) is 1. The predicted octanol–water partition coefficient (Wildman–Crippen LogP) is 2.62. The van der Waals surface area contributed by atoms with Crippen LogP contribution in [0.25, 0.3) is 0 Å². The van der Waals surface area contributed by atoms with Crippen LogP contribution in [0.5, 0.6) is 0 Å². The number of thiophene rings is 1. The number of hydrogen-bond acceptors (Lipinski definition) is 5. The number of anilines is 1. The van der Waals surface area contributed by atoms with Gasteiger partial charge in [0.2, 0.25) is 5.95 Å². The number of piperidine rings is 1. The highest BCUT2D eigenvalue weighted by atomic mass is 32.1. The van der Waals surface area contributed by atoms with Gasteiger partial charge in [-0.1, -0.05) is 6.07 Å². The van der Waals surface area contributed by atoms with Crippen molar-refractivity contribution >= 4 is 23.3 Å². The van der Waals surface area contributed by atoms with Gasteiger partial charge in [0.05, 0.1) is 0 Å². The second-order valence-electron chi connectivity index (χ2n) is 4.82. The van der Waals surface area contributed by atoms with Crippen molar-refractivity contribution in [1.82, 2.24) is 9.97 Å². The highest BCUT2D eigenvalue weighted by Crippen LogP contribution is 2.31. The lowest BCUT2D eigenvalue weighted by atomic mass is 9.95. The fourth-order valence-electron chi connectivity index (χ4n) is 2.51. The molecule has 0 saturated carbocycles. The molecule has 0 bridgehead atoms. The highest BCUT2D eigenvalue weighted by molar-refractivity contribution is 7.10. The molecule has 2 aromatic heterocycles. The van der Waals surface area contributed by atoms with Gasteiger partial charge in [-0.3, -0.25) is 0 Å². The summed E-state index contributed by atoms with van der Waals surface area (Å²) in [6.07, 6.45) is 3.62. The van der Waals surface area contributed by atoms with E-state index in [1.165, 1.54) is 17.1 Å². The summed E-state index contributed by atoms with van der Waals surface area (Å²) < 4.78 is 0. The number of aromatic nitrogens is 2. The second kappa shape index (κ2) is 5.58. The SMILES string of the molecule is O=C(O)c1ccnc(N2CCC(c3cccs3)CC2)n1. The van der Waals surface area contributed by atoms with E-state index in [1.807, 2.05) is 0 Å². The van der Waals surface area contributed by atoms with Gasteiger partial charge in [-0.15, -0.1) is 11.3 Å². The quantitative estimate of drug-likeness (QED) is 0.941. The van der Waals surface area contributed by atoms with Crippen molar-refractivity contribution in [1.29, 1.82) is 0 Å². The van der Waals surface area contributed by atoms with Gasteiger partial charge in [0.25, 0.3) is 0 Å². The molecule has 6 heteroatoms. The van der Waals surface area contributed by atoms with Gasteiger partial charge in [-0.25, -0.2) is 14.8 Å². The number of rotatable bonds is 3. The third-order valence-electron chi connectivity index (χ3n) is 3.59. The average molecular weight is 289 g/mol. The summed E-state index contributed by atoms with van der Waals surface area (Å²) in [6, 6.07) is 5.70. The van der Waals surface area contributed by atoms with E-state index in [-0.39, 0.29) is 5.69 Å². The molecular weight excluding hydrogens is 274 g/mol. The summed E-state index contributed by atoms with van der Waals surface area (Å²) in [4.78, 5) is 22.7. The van der Waals surface area contributed by atoms with Crippen molar-refractivity contribution in [3.05, 3.63) is 40.3 Å². The summed E-state index contributed by atoms with van der Waals surface area (Å²) in [5.74, 6) is 0.116. The molecular formula is C14H15N3O2S. The molecule has 3 heterocycles. The topological polar surface area (TPSA) is 66.3 Å². The molecule has 1 fully saturated rings. The van der Waals surface area contributed by atoms with Gasteiger partial charge in [0, 0.05) is 24.2 Å². The van der Waals surface area contributed by atoms with Crippen LogP contribution in [-0.4, -0.2) is 34.1 Å². The Hall–Kier alpha value is -1.95. The van der Waals surface area contributed by atoms with Crippen LogP contribution in [0.2, 0.25) is 0 Å². The Bertz CT molecular complexity index is 592. The lowest BCUT2D eigenvalue weighted by molar-refractivity contribution is 0.0690. The predicted molar refractivity (Wildman–Crippen MR) is 77.5 cm³/mol. The van der Waals surface area contributed by atoms with Crippen LogP contribution >= 0.6 is 11.3 Å². The molecule has 0 aliphatic carbocycles. The van der Waals surface area contributed by atoms with Crippen molar-refractivity contribution in [2.75, 3.05) is 18.0 Å². The Labute approximate surface area is 120 Å². The maximum absolute atomic E-state index is 10.9. The first-order valence-electron chi connectivity index (χ1n) is 6.59. The number of carboxylic acids is 1. The highest BCUT2D eigenvalue weighted by Gasteiger charge is 2.23. The second-order valence-corrected chi connectivity index (χ2v) is 5.80. The molecule has 1 saturated heterocycles. The summed E-state index contributed by atoms with van der Waals surface area (Å²) in [5.41, 5.74) is 0.0513. The summed E-state index contributed by atoms with van der Waals surface area (Å²) in [6.45, 7) is 1.73. The zero-order valence-electron chi connectivity index (χ0n) is 10.9. The van der Waals surface area contributed by atoms with Crippen LogP contribution < -0.4 is 4.90 Å². The Balaban J connectivity index is 1.69. The van der Waals surface area contributed by atoms with Crippen molar-refractivity contribution in [3.63, 3.8) is 0 Å². The van der Waals surface area contributed by atoms with Crippen LogP contribution in [0.1, 0.15) is 34.1 Å². The molecule has 0 spiro atoms. The first kappa shape index (κ1) is 13.1. The first-order valence-corrected chi connectivity index (χ1v) is 7.46. The van der Waals surface area contributed by atoms with Crippen LogP contribution in [0.4, 0.5) is 5.95 Å². The van der Waals surface area contributed by atoms with Gasteiger partial charge in [0.15, 0.2) is 5.69 Å². The lowest BCUT2D eigenvalue weighted by Crippen LogP contribution is -2.34. The Morgan fingerprint density at radius 1 is 1.35 bits per heavy atom. The van der Waals surface area contributed by atoms with Crippen molar-refractivity contribution in [2.45, 2.75) is 18.8 Å². The molecule has 1 aliphatic heterocycles. The molecule has 5 nitrogen and oxygen atoms in total. The third-order valence-corrected chi connectivity index (χ3v) is 4.62. The lowest BCUT2D eigenvalue weighted by Gasteiger charge is -2.31. The monoisotopic (exact) mass is 289 g/mol. The van der Waals surface area contributed by atoms with E-state index in [0.717, 1.165) is 25.9 Å².